The lowest BCUT2D eigenvalue weighted by molar-refractivity contribution is 0.0463. The monoisotopic (exact) mass is 373 g/mol. The summed E-state index contributed by atoms with van der Waals surface area (Å²) in [5.41, 5.74) is 1.84. The molecule has 0 aliphatic rings. The standard InChI is InChI=1S/C23H19NO4/c1-15-20(24-22(28-15)16-8-4-3-5-9-16)14-27-23(25)19-12-17-10-6-7-11-18(17)13-21(19)26-2/h3-13H,14H2,1-2H3. The fourth-order valence-electron chi connectivity index (χ4n) is 3.03. The van der Waals surface area contributed by atoms with Gasteiger partial charge in [0.1, 0.15) is 29.4 Å². The smallest absolute Gasteiger partial charge is 0.342 e. The first kappa shape index (κ1) is 17.8. The molecular formula is C23H19NO4. The number of hydrogen-bond donors (Lipinski definition) is 0. The summed E-state index contributed by atoms with van der Waals surface area (Å²) in [5, 5.41) is 1.94. The summed E-state index contributed by atoms with van der Waals surface area (Å²) in [4.78, 5) is 17.1. The molecule has 0 saturated carbocycles. The van der Waals surface area contributed by atoms with Gasteiger partial charge in [-0.3, -0.25) is 0 Å². The predicted octanol–water partition coefficient (Wildman–Crippen LogP) is 5.17. The van der Waals surface area contributed by atoms with Crippen LogP contribution in [-0.4, -0.2) is 18.1 Å². The average molecular weight is 373 g/mol. The highest BCUT2D eigenvalue weighted by Crippen LogP contribution is 2.27. The number of oxazole rings is 1. The van der Waals surface area contributed by atoms with Gasteiger partial charge < -0.3 is 13.9 Å². The fraction of sp³-hybridized carbons (Fsp3) is 0.130. The van der Waals surface area contributed by atoms with Crippen LogP contribution in [0, 0.1) is 6.92 Å². The highest BCUT2D eigenvalue weighted by Gasteiger charge is 2.18. The number of rotatable bonds is 5. The summed E-state index contributed by atoms with van der Waals surface area (Å²) in [5.74, 6) is 1.14. The van der Waals surface area contributed by atoms with Crippen LogP contribution in [0.3, 0.4) is 0 Å². The van der Waals surface area contributed by atoms with Crippen molar-refractivity contribution in [2.24, 2.45) is 0 Å². The quantitative estimate of drug-likeness (QED) is 0.452. The van der Waals surface area contributed by atoms with Crippen LogP contribution in [0.1, 0.15) is 21.8 Å². The first-order chi connectivity index (χ1) is 13.7. The molecule has 0 unspecified atom stereocenters. The Bertz CT molecular complexity index is 1130. The van der Waals surface area contributed by atoms with E-state index in [1.54, 1.807) is 13.0 Å². The third kappa shape index (κ3) is 3.47. The van der Waals surface area contributed by atoms with Crippen molar-refractivity contribution in [3.05, 3.63) is 83.7 Å². The molecule has 0 spiro atoms. The maximum atomic E-state index is 12.7. The molecule has 3 aromatic carbocycles. The van der Waals surface area contributed by atoms with Crippen molar-refractivity contribution in [1.29, 1.82) is 0 Å². The van der Waals surface area contributed by atoms with E-state index in [4.69, 9.17) is 13.9 Å². The van der Waals surface area contributed by atoms with E-state index in [1.165, 1.54) is 7.11 Å². The molecule has 0 amide bonds. The zero-order valence-corrected chi connectivity index (χ0v) is 15.6. The minimum absolute atomic E-state index is 0.0248. The van der Waals surface area contributed by atoms with Crippen LogP contribution in [0.2, 0.25) is 0 Å². The highest BCUT2D eigenvalue weighted by molar-refractivity contribution is 5.98. The number of carbonyl (C=O) groups is 1. The van der Waals surface area contributed by atoms with E-state index in [-0.39, 0.29) is 6.61 Å². The average Bonchev–Trinajstić information content (AvgIpc) is 3.12. The minimum atomic E-state index is -0.466. The topological polar surface area (TPSA) is 61.6 Å². The van der Waals surface area contributed by atoms with Gasteiger partial charge in [-0.05, 0) is 42.0 Å². The molecule has 4 aromatic rings. The molecule has 5 nitrogen and oxygen atoms in total. The van der Waals surface area contributed by atoms with E-state index in [0.29, 0.717) is 28.7 Å². The summed E-state index contributed by atoms with van der Waals surface area (Å²) in [6, 6.07) is 21.0. The zero-order valence-electron chi connectivity index (χ0n) is 15.6. The molecule has 140 valence electrons. The summed E-state index contributed by atoms with van der Waals surface area (Å²) >= 11 is 0. The largest absolute Gasteiger partial charge is 0.496 e. The molecule has 4 rings (SSSR count). The predicted molar refractivity (Wildman–Crippen MR) is 106 cm³/mol. The zero-order chi connectivity index (χ0) is 19.5. The summed E-state index contributed by atoms with van der Waals surface area (Å²) in [6.45, 7) is 1.83. The molecule has 0 atom stereocenters. The van der Waals surface area contributed by atoms with Gasteiger partial charge in [0, 0.05) is 5.56 Å². The number of nitrogens with zero attached hydrogens (tertiary/aromatic N) is 1. The maximum absolute atomic E-state index is 12.7. The number of methoxy groups -OCH3 is 1. The van der Waals surface area contributed by atoms with E-state index >= 15 is 0 Å². The Kier molecular flexibility index (Phi) is 4.81. The molecule has 0 aliphatic heterocycles. The lowest BCUT2D eigenvalue weighted by Gasteiger charge is -2.10. The molecule has 0 fully saturated rings. The Balaban J connectivity index is 1.55. The van der Waals surface area contributed by atoms with Crippen molar-refractivity contribution in [3.8, 4) is 17.2 Å². The van der Waals surface area contributed by atoms with Crippen LogP contribution in [0.5, 0.6) is 5.75 Å². The second-order valence-electron chi connectivity index (χ2n) is 6.36. The van der Waals surface area contributed by atoms with Gasteiger partial charge in [-0.15, -0.1) is 0 Å². The van der Waals surface area contributed by atoms with Crippen molar-refractivity contribution in [2.45, 2.75) is 13.5 Å². The van der Waals surface area contributed by atoms with Crippen LogP contribution < -0.4 is 4.74 Å². The Morgan fingerprint density at radius 1 is 1.00 bits per heavy atom. The van der Waals surface area contributed by atoms with Crippen LogP contribution in [-0.2, 0) is 11.3 Å². The molecule has 28 heavy (non-hydrogen) atoms. The van der Waals surface area contributed by atoms with Crippen LogP contribution >= 0.6 is 0 Å². The Morgan fingerprint density at radius 2 is 1.68 bits per heavy atom. The lowest BCUT2D eigenvalue weighted by Crippen LogP contribution is -2.08. The van der Waals surface area contributed by atoms with Crippen LogP contribution in [0.4, 0.5) is 0 Å². The van der Waals surface area contributed by atoms with Gasteiger partial charge in [0.2, 0.25) is 5.89 Å². The van der Waals surface area contributed by atoms with Gasteiger partial charge >= 0.3 is 5.97 Å². The van der Waals surface area contributed by atoms with Gasteiger partial charge in [0.15, 0.2) is 0 Å². The van der Waals surface area contributed by atoms with Gasteiger partial charge in [0.25, 0.3) is 0 Å². The number of benzene rings is 3. The highest BCUT2D eigenvalue weighted by atomic mass is 16.5. The van der Waals surface area contributed by atoms with Gasteiger partial charge in [0.05, 0.1) is 7.11 Å². The van der Waals surface area contributed by atoms with Crippen molar-refractivity contribution in [1.82, 2.24) is 4.98 Å². The van der Waals surface area contributed by atoms with Gasteiger partial charge in [-0.2, -0.15) is 0 Å². The molecule has 1 heterocycles. The summed E-state index contributed by atoms with van der Waals surface area (Å²) < 4.78 is 16.6. The van der Waals surface area contributed by atoms with E-state index < -0.39 is 5.97 Å². The van der Waals surface area contributed by atoms with E-state index in [1.807, 2.05) is 60.7 Å². The molecule has 0 aliphatic carbocycles. The minimum Gasteiger partial charge on any atom is -0.496 e. The number of aryl methyl sites for hydroxylation is 1. The third-order valence-corrected chi connectivity index (χ3v) is 4.54. The van der Waals surface area contributed by atoms with E-state index in [9.17, 15) is 4.79 Å². The number of aromatic nitrogens is 1. The van der Waals surface area contributed by atoms with E-state index in [0.717, 1.165) is 16.3 Å². The van der Waals surface area contributed by atoms with Crippen LogP contribution in [0.25, 0.3) is 22.2 Å². The Labute approximate surface area is 162 Å². The molecule has 0 bridgehead atoms. The second kappa shape index (κ2) is 7.56. The number of esters is 1. The molecule has 1 aromatic heterocycles. The number of ether oxygens (including phenoxy) is 2. The SMILES string of the molecule is COc1cc2ccccc2cc1C(=O)OCc1nc(-c2ccccc2)oc1C. The summed E-state index contributed by atoms with van der Waals surface area (Å²) in [7, 11) is 1.54. The summed E-state index contributed by atoms with van der Waals surface area (Å²) in [6.07, 6.45) is 0. The van der Waals surface area contributed by atoms with Crippen LogP contribution in [0.15, 0.2) is 71.1 Å². The number of carbonyl (C=O) groups excluding carboxylic acids is 1. The van der Waals surface area contributed by atoms with Crippen molar-refractivity contribution < 1.29 is 18.7 Å². The van der Waals surface area contributed by atoms with E-state index in [2.05, 4.69) is 4.98 Å². The first-order valence-electron chi connectivity index (χ1n) is 8.91. The first-order valence-corrected chi connectivity index (χ1v) is 8.91. The maximum Gasteiger partial charge on any atom is 0.342 e. The fourth-order valence-corrected chi connectivity index (χ4v) is 3.03. The van der Waals surface area contributed by atoms with Crippen molar-refractivity contribution in [2.75, 3.05) is 7.11 Å². The second-order valence-corrected chi connectivity index (χ2v) is 6.36. The van der Waals surface area contributed by atoms with Gasteiger partial charge in [-0.25, -0.2) is 9.78 Å². The Hall–Kier alpha value is -3.60. The molecular weight excluding hydrogens is 354 g/mol. The lowest BCUT2D eigenvalue weighted by atomic mass is 10.1. The molecule has 0 radical (unpaired) electrons. The van der Waals surface area contributed by atoms with Gasteiger partial charge in [-0.1, -0.05) is 42.5 Å². The van der Waals surface area contributed by atoms with Crippen molar-refractivity contribution in [3.63, 3.8) is 0 Å². The normalized spacial score (nSPS) is 10.8. The van der Waals surface area contributed by atoms with Crippen molar-refractivity contribution >= 4 is 16.7 Å². The number of fused-ring (bicyclic) bond motifs is 1. The third-order valence-electron chi connectivity index (χ3n) is 4.54. The Morgan fingerprint density at radius 3 is 2.39 bits per heavy atom. The number of hydrogen-bond acceptors (Lipinski definition) is 5. The molecule has 5 heteroatoms. The molecule has 0 N–H and O–H groups in total. The molecule has 0 saturated heterocycles.